The molecule has 0 unspecified atom stereocenters. The first-order valence-corrected chi connectivity index (χ1v) is 10.5. The lowest BCUT2D eigenvalue weighted by Crippen LogP contribution is -2.09. The maximum absolute atomic E-state index is 12.5. The second-order valence-corrected chi connectivity index (χ2v) is 8.15. The zero-order valence-corrected chi connectivity index (χ0v) is 18.7. The Hall–Kier alpha value is -2.93. The van der Waals surface area contributed by atoms with Gasteiger partial charge in [-0.1, -0.05) is 51.3 Å². The highest BCUT2D eigenvalue weighted by atomic mass is 79.9. The molecule has 3 aromatic carbocycles. The van der Waals surface area contributed by atoms with Gasteiger partial charge in [-0.3, -0.25) is 0 Å². The summed E-state index contributed by atoms with van der Waals surface area (Å²) in [5.74, 6) is -0.834. The van der Waals surface area contributed by atoms with Crippen LogP contribution in [0, 0.1) is 0 Å². The van der Waals surface area contributed by atoms with Crippen LogP contribution in [-0.2, 0) is 9.53 Å². The van der Waals surface area contributed by atoms with Crippen LogP contribution in [0.2, 0.25) is 10.0 Å². The topological polar surface area (TPSA) is 65.0 Å². The van der Waals surface area contributed by atoms with Gasteiger partial charge >= 0.3 is 11.9 Å². The molecule has 154 valence electrons. The predicted molar refractivity (Wildman–Crippen MR) is 123 cm³/mol. The average molecular weight is 517 g/mol. The molecule has 0 saturated heterocycles. The molecule has 0 atom stereocenters. The van der Waals surface area contributed by atoms with E-state index < -0.39 is 11.9 Å². The fourth-order valence-electron chi connectivity index (χ4n) is 2.78. The van der Waals surface area contributed by atoms with Crippen LogP contribution in [0.3, 0.4) is 0 Å². The second kappa shape index (κ2) is 9.06. The normalized spacial score (nSPS) is 14.4. The summed E-state index contributed by atoms with van der Waals surface area (Å²) in [4.78, 5) is 29.1. The summed E-state index contributed by atoms with van der Waals surface area (Å²) in [5, 5.41) is 0.924. The minimum absolute atomic E-state index is 0.0526. The Morgan fingerprint density at radius 2 is 1.77 bits per heavy atom. The molecule has 1 aliphatic rings. The van der Waals surface area contributed by atoms with Crippen molar-refractivity contribution in [2.45, 2.75) is 0 Å². The van der Waals surface area contributed by atoms with E-state index in [1.807, 2.05) is 0 Å². The number of cyclic esters (lactones) is 1. The molecule has 1 aliphatic heterocycles. The van der Waals surface area contributed by atoms with Gasteiger partial charge in [0, 0.05) is 15.1 Å². The van der Waals surface area contributed by atoms with E-state index in [-0.39, 0.29) is 17.3 Å². The van der Waals surface area contributed by atoms with Gasteiger partial charge in [0.2, 0.25) is 5.90 Å². The largest absolute Gasteiger partial charge is 0.422 e. The lowest BCUT2D eigenvalue weighted by atomic mass is 10.1. The lowest BCUT2D eigenvalue weighted by molar-refractivity contribution is -0.129. The number of rotatable bonds is 4. The molecule has 0 radical (unpaired) electrons. The highest BCUT2D eigenvalue weighted by Gasteiger charge is 2.26. The van der Waals surface area contributed by atoms with Crippen LogP contribution in [0.4, 0.5) is 0 Å². The minimum Gasteiger partial charge on any atom is -0.422 e. The van der Waals surface area contributed by atoms with Crippen molar-refractivity contribution < 1.29 is 19.1 Å². The van der Waals surface area contributed by atoms with E-state index in [1.54, 1.807) is 66.7 Å². The average Bonchev–Trinajstić information content (AvgIpc) is 3.10. The summed E-state index contributed by atoms with van der Waals surface area (Å²) in [6.07, 6.45) is 1.49. The summed E-state index contributed by atoms with van der Waals surface area (Å²) in [6.45, 7) is 0. The highest BCUT2D eigenvalue weighted by Crippen LogP contribution is 2.29. The molecule has 0 aromatic heterocycles. The van der Waals surface area contributed by atoms with Crippen molar-refractivity contribution in [3.63, 3.8) is 0 Å². The predicted octanol–water partition coefficient (Wildman–Crippen LogP) is 6.32. The number of ether oxygens (including phenoxy) is 2. The molecule has 0 spiro atoms. The smallest absolute Gasteiger partial charge is 0.363 e. The summed E-state index contributed by atoms with van der Waals surface area (Å²) < 4.78 is 11.5. The second-order valence-electron chi connectivity index (χ2n) is 6.39. The van der Waals surface area contributed by atoms with Gasteiger partial charge in [-0.05, 0) is 60.7 Å². The molecule has 1 heterocycles. The first kappa shape index (κ1) is 21.3. The third-order valence-electron chi connectivity index (χ3n) is 4.27. The van der Waals surface area contributed by atoms with Crippen LogP contribution >= 0.6 is 39.1 Å². The fraction of sp³-hybridized carbons (Fsp3) is 0. The van der Waals surface area contributed by atoms with Crippen LogP contribution < -0.4 is 4.74 Å². The van der Waals surface area contributed by atoms with Gasteiger partial charge in [-0.25, -0.2) is 14.6 Å². The van der Waals surface area contributed by atoms with Gasteiger partial charge in [0.05, 0.1) is 16.1 Å². The van der Waals surface area contributed by atoms with Crippen LogP contribution in [0.15, 0.2) is 81.9 Å². The van der Waals surface area contributed by atoms with E-state index in [0.29, 0.717) is 26.7 Å². The molecule has 0 bridgehead atoms. The minimum atomic E-state index is -0.634. The number of aliphatic imine (C=N–C) groups is 1. The molecule has 5 nitrogen and oxygen atoms in total. The SMILES string of the molecule is O=C1OC(c2ccccc2Cl)=N/C1=C\c1cc(Br)ccc1OC(=O)c1ccc(Cl)cc1. The summed E-state index contributed by atoms with van der Waals surface area (Å²) >= 11 is 15.4. The Kier molecular flexibility index (Phi) is 6.23. The maximum Gasteiger partial charge on any atom is 0.363 e. The number of hydrogen-bond acceptors (Lipinski definition) is 5. The molecule has 3 aromatic rings. The first-order valence-electron chi connectivity index (χ1n) is 8.95. The molecule has 0 saturated carbocycles. The molecule has 8 heteroatoms. The quantitative estimate of drug-likeness (QED) is 0.231. The first-order chi connectivity index (χ1) is 14.9. The summed E-state index contributed by atoms with van der Waals surface area (Å²) in [5.41, 5.74) is 1.36. The molecule has 0 aliphatic carbocycles. The van der Waals surface area contributed by atoms with Gasteiger partial charge in [0.15, 0.2) is 5.70 Å². The number of carbonyl (C=O) groups excluding carboxylic acids is 2. The number of nitrogens with zero attached hydrogens (tertiary/aromatic N) is 1. The van der Waals surface area contributed by atoms with Crippen molar-refractivity contribution in [2.24, 2.45) is 4.99 Å². The monoisotopic (exact) mass is 515 g/mol. The fourth-order valence-corrected chi connectivity index (χ4v) is 3.50. The number of halogens is 3. The van der Waals surface area contributed by atoms with Crippen LogP contribution in [-0.4, -0.2) is 17.8 Å². The molecule has 31 heavy (non-hydrogen) atoms. The van der Waals surface area contributed by atoms with Crippen molar-refractivity contribution in [2.75, 3.05) is 0 Å². The van der Waals surface area contributed by atoms with Crippen molar-refractivity contribution in [3.8, 4) is 5.75 Å². The third kappa shape index (κ3) is 4.88. The number of esters is 2. The number of benzene rings is 3. The molecular formula is C23H12BrCl2NO4. The van der Waals surface area contributed by atoms with Crippen molar-refractivity contribution in [1.29, 1.82) is 0 Å². The molecule has 0 N–H and O–H groups in total. The van der Waals surface area contributed by atoms with Gasteiger partial charge in [-0.2, -0.15) is 0 Å². The van der Waals surface area contributed by atoms with Gasteiger partial charge in [0.25, 0.3) is 0 Å². The lowest BCUT2D eigenvalue weighted by Gasteiger charge is -2.08. The number of hydrogen-bond donors (Lipinski definition) is 0. The Morgan fingerprint density at radius 3 is 2.52 bits per heavy atom. The van der Waals surface area contributed by atoms with E-state index >= 15 is 0 Å². The van der Waals surface area contributed by atoms with Crippen LogP contribution in [0.25, 0.3) is 6.08 Å². The molecule has 0 fully saturated rings. The van der Waals surface area contributed by atoms with E-state index in [0.717, 1.165) is 4.47 Å². The van der Waals surface area contributed by atoms with E-state index in [2.05, 4.69) is 20.9 Å². The Labute approximate surface area is 196 Å². The standard InChI is InChI=1S/C23H12BrCl2NO4/c24-15-7-10-20(30-22(28)13-5-8-16(25)9-6-13)14(11-15)12-19-23(29)31-21(27-19)17-3-1-2-4-18(17)26/h1-12H/b19-12-. The Balaban J connectivity index is 1.66. The van der Waals surface area contributed by atoms with Crippen LogP contribution in [0.5, 0.6) is 5.75 Å². The van der Waals surface area contributed by atoms with Gasteiger partial charge < -0.3 is 9.47 Å². The van der Waals surface area contributed by atoms with Gasteiger partial charge in [-0.15, -0.1) is 0 Å². The maximum atomic E-state index is 12.5. The van der Waals surface area contributed by atoms with Crippen LogP contribution in [0.1, 0.15) is 21.5 Å². The van der Waals surface area contributed by atoms with Crippen molar-refractivity contribution in [1.82, 2.24) is 0 Å². The van der Waals surface area contributed by atoms with E-state index in [1.165, 1.54) is 6.08 Å². The Morgan fingerprint density at radius 1 is 1.03 bits per heavy atom. The van der Waals surface area contributed by atoms with E-state index in [4.69, 9.17) is 32.7 Å². The van der Waals surface area contributed by atoms with Crippen molar-refractivity contribution >= 4 is 63.0 Å². The zero-order valence-electron chi connectivity index (χ0n) is 15.6. The number of carbonyl (C=O) groups is 2. The Bertz CT molecular complexity index is 1250. The third-order valence-corrected chi connectivity index (χ3v) is 5.35. The summed E-state index contributed by atoms with van der Waals surface area (Å²) in [6, 6.07) is 18.3. The highest BCUT2D eigenvalue weighted by molar-refractivity contribution is 9.10. The molecule has 4 rings (SSSR count). The molecule has 0 amide bonds. The summed E-state index contributed by atoms with van der Waals surface area (Å²) in [7, 11) is 0. The zero-order chi connectivity index (χ0) is 22.0. The van der Waals surface area contributed by atoms with Gasteiger partial charge in [0.1, 0.15) is 5.75 Å². The molecular weight excluding hydrogens is 505 g/mol. The van der Waals surface area contributed by atoms with E-state index in [9.17, 15) is 9.59 Å². The van der Waals surface area contributed by atoms with Crippen molar-refractivity contribution in [3.05, 3.63) is 104 Å².